The molecule has 0 saturated heterocycles. The number of carbonyl (C=O) groups is 1. The summed E-state index contributed by atoms with van der Waals surface area (Å²) in [5.41, 5.74) is 1.03. The van der Waals surface area contributed by atoms with Gasteiger partial charge >= 0.3 is 6.03 Å². The summed E-state index contributed by atoms with van der Waals surface area (Å²) in [7, 11) is -3.63. The molecule has 2 amide bonds. The van der Waals surface area contributed by atoms with Crippen LogP contribution in [-0.2, 0) is 41.1 Å². The highest BCUT2D eigenvalue weighted by Gasteiger charge is 2.26. The average molecular weight is 425 g/mol. The van der Waals surface area contributed by atoms with Crippen molar-refractivity contribution in [2.75, 3.05) is 5.32 Å². The molecule has 2 aromatic rings. The lowest BCUT2D eigenvalue weighted by molar-refractivity contribution is 0.0783. The second-order valence-electron chi connectivity index (χ2n) is 7.29. The Bertz CT molecular complexity index is 1200. The third-order valence-electron chi connectivity index (χ3n) is 4.67. The lowest BCUT2D eigenvalue weighted by Gasteiger charge is -2.15. The van der Waals surface area contributed by atoms with E-state index < -0.39 is 34.3 Å². The Morgan fingerprint density at radius 2 is 1.96 bits per heavy atom. The molecular weight excluding hydrogens is 396 g/mol. The molecule has 0 spiro atoms. The van der Waals surface area contributed by atoms with Crippen molar-refractivity contribution in [1.29, 1.82) is 0 Å². The molecule has 2 aliphatic carbocycles. The molecule has 1 aromatic carbocycles. The number of nitrogens with two attached hydrogens (primary N) is 1. The SMILES string of the molecule is [2H]C1([2H])CCc2c1cc1c(c2NC(=O)N=[S@](N)(=O)c2cnc(C(C)(C)O)s2)CCC1([2H])[2H]. The number of thiazole rings is 1. The molecule has 2 aliphatic rings. The van der Waals surface area contributed by atoms with E-state index in [0.29, 0.717) is 40.8 Å². The Balaban J connectivity index is 1.73. The van der Waals surface area contributed by atoms with Gasteiger partial charge < -0.3 is 10.4 Å². The number of aryl methyl sites for hydroxylation is 2. The number of anilines is 1. The third-order valence-corrected chi connectivity index (χ3v) is 7.86. The van der Waals surface area contributed by atoms with Crippen molar-refractivity contribution in [3.63, 3.8) is 0 Å². The summed E-state index contributed by atoms with van der Waals surface area (Å²) in [4.78, 5) is 16.7. The smallest absolute Gasteiger partial charge is 0.354 e. The summed E-state index contributed by atoms with van der Waals surface area (Å²) in [6.45, 7) is 3.04. The monoisotopic (exact) mass is 424 g/mol. The molecule has 28 heavy (non-hydrogen) atoms. The summed E-state index contributed by atoms with van der Waals surface area (Å²) in [5.74, 6) is 0. The molecule has 1 aromatic heterocycles. The normalized spacial score (nSPS) is 23.4. The zero-order valence-electron chi connectivity index (χ0n) is 19.5. The molecule has 9 heteroatoms. The van der Waals surface area contributed by atoms with Gasteiger partial charge in [-0.15, -0.1) is 15.7 Å². The molecule has 4 N–H and O–H groups in total. The Labute approximate surface area is 174 Å². The molecular formula is C19H24N4O3S2. The number of hydrogen-bond donors (Lipinski definition) is 3. The van der Waals surface area contributed by atoms with Crippen LogP contribution in [0.3, 0.4) is 0 Å². The molecule has 0 aliphatic heterocycles. The van der Waals surface area contributed by atoms with Crippen LogP contribution in [0.2, 0.25) is 0 Å². The van der Waals surface area contributed by atoms with Crippen molar-refractivity contribution < 1.29 is 19.6 Å². The number of nitrogens with one attached hydrogen (secondary N) is 1. The minimum absolute atomic E-state index is 0.0426. The van der Waals surface area contributed by atoms with Crippen LogP contribution in [0.5, 0.6) is 0 Å². The van der Waals surface area contributed by atoms with E-state index >= 15 is 0 Å². The highest BCUT2D eigenvalue weighted by atomic mass is 32.2. The molecule has 0 fully saturated rings. The maximum atomic E-state index is 12.9. The van der Waals surface area contributed by atoms with Crippen LogP contribution < -0.4 is 10.5 Å². The first kappa shape index (κ1) is 15.1. The van der Waals surface area contributed by atoms with E-state index in [1.165, 1.54) is 20.0 Å². The van der Waals surface area contributed by atoms with Crippen molar-refractivity contribution in [2.24, 2.45) is 9.50 Å². The van der Waals surface area contributed by atoms with Crippen molar-refractivity contribution in [2.45, 2.75) is 62.1 Å². The highest BCUT2D eigenvalue weighted by Crippen LogP contribution is 2.38. The number of nitrogens with zero attached hydrogens (tertiary/aromatic N) is 2. The Kier molecular flexibility index (Phi) is 3.72. The molecule has 7 nitrogen and oxygen atoms in total. The van der Waals surface area contributed by atoms with Gasteiger partial charge in [-0.2, -0.15) is 0 Å². The number of hydrogen-bond acceptors (Lipinski definition) is 5. The van der Waals surface area contributed by atoms with Gasteiger partial charge in [0.25, 0.3) is 0 Å². The molecule has 0 unspecified atom stereocenters. The number of aliphatic hydroxyl groups is 1. The Hall–Kier alpha value is -1.81. The average Bonchev–Trinajstić information content (AvgIpc) is 3.32. The van der Waals surface area contributed by atoms with E-state index in [9.17, 15) is 14.1 Å². The van der Waals surface area contributed by atoms with E-state index in [0.717, 1.165) is 11.3 Å². The van der Waals surface area contributed by atoms with Gasteiger partial charge in [0.05, 0.1) is 6.20 Å². The summed E-state index contributed by atoms with van der Waals surface area (Å²) in [5, 5.41) is 18.8. The van der Waals surface area contributed by atoms with Crippen LogP contribution in [0.25, 0.3) is 0 Å². The van der Waals surface area contributed by atoms with Crippen LogP contribution in [0.15, 0.2) is 20.8 Å². The zero-order chi connectivity index (χ0) is 23.7. The number of aromatic nitrogens is 1. The number of fused-ring (bicyclic) bond motifs is 2. The second kappa shape index (κ2) is 6.91. The van der Waals surface area contributed by atoms with Crippen LogP contribution in [-0.4, -0.2) is 20.3 Å². The van der Waals surface area contributed by atoms with E-state index in [-0.39, 0.29) is 22.1 Å². The fraction of sp³-hybridized carbons (Fsp3) is 0.474. The van der Waals surface area contributed by atoms with Gasteiger partial charge in [-0.25, -0.2) is 19.1 Å². The first-order chi connectivity index (χ1) is 14.6. The van der Waals surface area contributed by atoms with Gasteiger partial charge in [0.2, 0.25) is 0 Å². The molecule has 1 heterocycles. The van der Waals surface area contributed by atoms with E-state index in [1.54, 1.807) is 6.07 Å². The standard InChI is InChI=1S/C19H24N4O3S2/c1-19(2,25)17-21-10-15(27-17)28(20,26)23-18(24)22-16-13-7-3-5-11(13)9-12-6-4-8-14(12)16/h9-10,25H,3-8H2,1-2H3,(H3,20,22,23,24,26)/t28-/m0/s1/i5D2,6D2. The van der Waals surface area contributed by atoms with Crippen molar-refractivity contribution in [3.8, 4) is 0 Å². The van der Waals surface area contributed by atoms with E-state index in [1.807, 2.05) is 0 Å². The summed E-state index contributed by atoms with van der Waals surface area (Å²) in [6.07, 6.45) is -0.816. The zero-order valence-corrected chi connectivity index (χ0v) is 17.2. The Morgan fingerprint density at radius 3 is 2.50 bits per heavy atom. The van der Waals surface area contributed by atoms with Gasteiger partial charge in [0.15, 0.2) is 9.92 Å². The number of carbonyl (C=O) groups excluding carboxylic acids is 1. The third kappa shape index (κ3) is 3.59. The minimum atomic E-state index is -3.63. The van der Waals surface area contributed by atoms with Gasteiger partial charge in [0, 0.05) is 11.2 Å². The number of amides is 2. The van der Waals surface area contributed by atoms with E-state index in [4.69, 9.17) is 10.6 Å². The molecule has 0 radical (unpaired) electrons. The number of rotatable bonds is 3. The maximum Gasteiger partial charge on any atom is 0.354 e. The molecule has 0 bridgehead atoms. The predicted molar refractivity (Wildman–Crippen MR) is 110 cm³/mol. The first-order valence-electron chi connectivity index (χ1n) is 10.9. The Morgan fingerprint density at radius 1 is 1.36 bits per heavy atom. The molecule has 150 valence electrons. The summed E-state index contributed by atoms with van der Waals surface area (Å²) in [6, 6.07) is 0.616. The first-order valence-corrected chi connectivity index (χ1v) is 11.3. The van der Waals surface area contributed by atoms with Gasteiger partial charge in [-0.3, -0.25) is 0 Å². The fourth-order valence-corrected chi connectivity index (χ4v) is 5.44. The van der Waals surface area contributed by atoms with Crippen LogP contribution in [0.4, 0.5) is 10.5 Å². The lowest BCUT2D eigenvalue weighted by Crippen LogP contribution is -2.18. The van der Waals surface area contributed by atoms with Crippen LogP contribution >= 0.6 is 11.3 Å². The van der Waals surface area contributed by atoms with Crippen LogP contribution in [0.1, 0.15) is 59.4 Å². The topological polar surface area (TPSA) is 118 Å². The van der Waals surface area contributed by atoms with Gasteiger partial charge in [0.1, 0.15) is 14.8 Å². The molecule has 4 rings (SSSR count). The largest absolute Gasteiger partial charge is 0.383 e. The maximum absolute atomic E-state index is 12.9. The highest BCUT2D eigenvalue weighted by molar-refractivity contribution is 7.93. The van der Waals surface area contributed by atoms with Crippen molar-refractivity contribution >= 4 is 33.0 Å². The summed E-state index contributed by atoms with van der Waals surface area (Å²) >= 11 is 0.900. The lowest BCUT2D eigenvalue weighted by atomic mass is 9.99. The molecule has 0 saturated carbocycles. The van der Waals surface area contributed by atoms with Crippen molar-refractivity contribution in [3.05, 3.63) is 39.5 Å². The van der Waals surface area contributed by atoms with Gasteiger partial charge in [-0.1, -0.05) is 6.07 Å². The van der Waals surface area contributed by atoms with E-state index in [2.05, 4.69) is 14.7 Å². The van der Waals surface area contributed by atoms with Crippen LogP contribution in [0, 0.1) is 0 Å². The quantitative estimate of drug-likeness (QED) is 0.701. The molecule has 1 atom stereocenters. The second-order valence-corrected chi connectivity index (χ2v) is 10.3. The number of urea groups is 1. The van der Waals surface area contributed by atoms with Crippen molar-refractivity contribution in [1.82, 2.24) is 4.98 Å². The predicted octanol–water partition coefficient (Wildman–Crippen LogP) is 3.28. The minimum Gasteiger partial charge on any atom is -0.383 e. The van der Waals surface area contributed by atoms with Gasteiger partial charge in [-0.05, 0) is 74.5 Å². The number of benzene rings is 1. The summed E-state index contributed by atoms with van der Waals surface area (Å²) < 4.78 is 49.7. The fourth-order valence-electron chi connectivity index (χ4n) is 3.38.